The van der Waals surface area contributed by atoms with Crippen LogP contribution in [0, 0.1) is 17.7 Å². The Morgan fingerprint density at radius 2 is 1.46 bits per heavy atom. The van der Waals surface area contributed by atoms with Gasteiger partial charge in [0, 0.05) is 120 Å². The highest BCUT2D eigenvalue weighted by molar-refractivity contribution is 6.00. The number of rotatable bonds is 13. The number of amides is 8. The molecular formula is C86H112FN10O15+. The zero-order valence-electron chi connectivity index (χ0n) is 65.9. The Morgan fingerprint density at radius 1 is 0.714 bits per heavy atom. The molecule has 1 aromatic heterocycles. The molecule has 11 rings (SSSR count). The van der Waals surface area contributed by atoms with Crippen LogP contribution in [-0.4, -0.2) is 208 Å². The highest BCUT2D eigenvalue weighted by Gasteiger charge is 2.49. The molecule has 6 N–H and O–H groups in total. The van der Waals surface area contributed by atoms with Gasteiger partial charge in [-0.3, -0.25) is 57.5 Å². The number of halogens is 1. The maximum atomic E-state index is 16.3. The molecule has 12 bridgehead atoms. The lowest BCUT2D eigenvalue weighted by Gasteiger charge is -2.37. The maximum Gasteiger partial charge on any atom is 0.246 e. The van der Waals surface area contributed by atoms with Gasteiger partial charge in [-0.1, -0.05) is 79.7 Å². The SMILES string of the molecule is COc1ccc(C[C@@H]2NC(=O)[C@H]([C@@H](C)O)NC(=O)[C@@H]3[C@@H]4CCN3C(=O)[C@H]3CC(=O)[C@H](Cc5cccc(c5)CNC(=O)CO4)NC(=O)[C@@H](CCC(=O)CCCCC[N+](C)(C)C)NC(=O)[C@H](C)CC(=O)CCC(=O)N(CCCC=CCn4cc(c5cc(F)ccc54)C3)Cc3ccc(cc3)CCCC(=O)[C@]3(C)CCCN3C2=O)cc1. The van der Waals surface area contributed by atoms with Crippen molar-refractivity contribution in [3.8, 4) is 5.75 Å². The maximum absolute atomic E-state index is 16.3. The van der Waals surface area contributed by atoms with E-state index in [0.717, 1.165) is 35.0 Å². The van der Waals surface area contributed by atoms with Crippen molar-refractivity contribution in [1.82, 2.24) is 45.9 Å². The van der Waals surface area contributed by atoms with Gasteiger partial charge in [-0.25, -0.2) is 4.39 Å². The minimum absolute atomic E-state index is 0.0467. The van der Waals surface area contributed by atoms with Crippen LogP contribution in [0.3, 0.4) is 0 Å². The van der Waals surface area contributed by atoms with Gasteiger partial charge in [0.2, 0.25) is 47.3 Å². The van der Waals surface area contributed by atoms with Crippen LogP contribution < -0.4 is 31.3 Å². The lowest BCUT2D eigenvalue weighted by Crippen LogP contribution is -2.62. The quantitative estimate of drug-likeness (QED) is 0.0393. The standard InChI is InChI=1S/C86H111FN10O15/c1-55-44-66(100)31-36-77(104)94-40-13-9-8-12-39-93-53-63(68-50-64(87)29-35-72(68)93)48-62-49-73(101)70(90-81(106)69(89-80(55)105)34-30-65(99)21-11-10-14-43-97(4,5)6)47-60-19-15-20-61(45-60)51-88-76(103)54-112-74-37-42-95(84(62)109)79(74)83(108)92-78(56(2)98)82(107)91-71(46-58-27-32-67(111-7)33-28-58)85(110)96-41-17-38-86(96,3)75(102)22-16-18-57-23-25-59(52-94)26-24-57/h8,12,15,19-20,23-29,32-33,35,45,50,53,55-56,62,69-71,74,78-79,98H,9-11,13-14,16-18,21-22,30-31,34,36-44,46-49,51-52,54H2,1-7H3,(H4-,88,89,90,91,92,103,105,106,107,108)/p+1/t55-,56-,62-,69-,70+,71+,74+,78+,79+,86+/m1/s1. The van der Waals surface area contributed by atoms with Crippen molar-refractivity contribution >= 4 is 81.3 Å². The van der Waals surface area contributed by atoms with E-state index in [-0.39, 0.29) is 127 Å². The van der Waals surface area contributed by atoms with Gasteiger partial charge in [-0.05, 0) is 161 Å². The van der Waals surface area contributed by atoms with Crippen molar-refractivity contribution in [3.63, 3.8) is 0 Å². The molecule has 7 heterocycles. The van der Waals surface area contributed by atoms with Crippen LogP contribution in [-0.2, 0) is 108 Å². The lowest BCUT2D eigenvalue weighted by atomic mass is 9.88. The Kier molecular flexibility index (Phi) is 29.6. The number of unbranched alkanes of at least 4 members (excludes halogenated alkanes) is 2. The summed E-state index contributed by atoms with van der Waals surface area (Å²) in [5.41, 5.74) is 3.14. The Bertz CT molecular complexity index is 4270. The van der Waals surface area contributed by atoms with E-state index >= 15 is 33.2 Å². The third-order valence-electron chi connectivity index (χ3n) is 22.5. The van der Waals surface area contributed by atoms with Crippen LogP contribution in [0.15, 0.2) is 109 Å². The van der Waals surface area contributed by atoms with Crippen molar-refractivity contribution in [3.05, 3.63) is 149 Å². The molecule has 10 atom stereocenters. The molecule has 0 aliphatic carbocycles. The Hall–Kier alpha value is -9.79. The molecule has 602 valence electrons. The summed E-state index contributed by atoms with van der Waals surface area (Å²) in [5.74, 6) is -9.75. The van der Waals surface area contributed by atoms with Crippen LogP contribution in [0.4, 0.5) is 4.39 Å². The van der Waals surface area contributed by atoms with E-state index in [1.807, 2.05) is 41.0 Å². The number of ketones is 4. The lowest BCUT2D eigenvalue weighted by molar-refractivity contribution is -0.870. The number of hydrogen-bond acceptors (Lipinski definition) is 15. The number of benzene rings is 4. The summed E-state index contributed by atoms with van der Waals surface area (Å²) in [7, 11) is 7.77. The molecule has 4 aromatic carbocycles. The number of aliphatic hydroxyl groups is 1. The second-order valence-electron chi connectivity index (χ2n) is 32.4. The Balaban J connectivity index is 1.08. The number of methoxy groups -OCH3 is 1. The van der Waals surface area contributed by atoms with Crippen molar-refractivity contribution in [2.45, 2.75) is 223 Å². The normalized spacial score (nSPS) is 25.0. The number of ether oxygens (including phenoxy) is 2. The zero-order valence-corrected chi connectivity index (χ0v) is 65.9. The van der Waals surface area contributed by atoms with Crippen LogP contribution in [0.25, 0.3) is 10.9 Å². The van der Waals surface area contributed by atoms with Gasteiger partial charge >= 0.3 is 0 Å². The first kappa shape index (κ1) is 84.7. The number of aromatic nitrogens is 1. The van der Waals surface area contributed by atoms with Crippen molar-refractivity contribution in [2.24, 2.45) is 11.8 Å². The fourth-order valence-electron chi connectivity index (χ4n) is 16.0. The van der Waals surface area contributed by atoms with E-state index in [1.165, 1.54) is 42.9 Å². The molecule has 8 amide bonds. The van der Waals surface area contributed by atoms with Gasteiger partial charge < -0.3 is 64.9 Å². The number of Topliss-reactive ketones (excluding diaryl/α,β-unsaturated/α-hetero) is 4. The fourth-order valence-corrected chi connectivity index (χ4v) is 16.0. The monoisotopic (exact) mass is 1540 g/mol. The van der Waals surface area contributed by atoms with Crippen molar-refractivity contribution in [1.29, 1.82) is 0 Å². The molecule has 0 spiro atoms. The molecule has 0 unspecified atom stereocenters. The molecule has 2 fully saturated rings. The van der Waals surface area contributed by atoms with Crippen LogP contribution in [0.5, 0.6) is 5.75 Å². The number of hydrogen-bond donors (Lipinski definition) is 6. The number of fused-ring (bicyclic) bond motifs is 16. The third-order valence-corrected chi connectivity index (χ3v) is 22.5. The van der Waals surface area contributed by atoms with E-state index in [2.05, 4.69) is 47.7 Å². The number of nitrogens with zero attached hydrogens (tertiary/aromatic N) is 5. The van der Waals surface area contributed by atoms with Crippen molar-refractivity contribution < 1.29 is 81.0 Å². The van der Waals surface area contributed by atoms with E-state index in [4.69, 9.17) is 9.47 Å². The molecule has 0 radical (unpaired) electrons. The molecular weight excluding hydrogens is 1430 g/mol. The average Bonchev–Trinajstić information content (AvgIpc) is 1.64. The Morgan fingerprint density at radius 3 is 2.21 bits per heavy atom. The van der Waals surface area contributed by atoms with Crippen molar-refractivity contribution in [2.75, 3.05) is 61.0 Å². The summed E-state index contributed by atoms with van der Waals surface area (Å²) in [6.45, 7) is 5.49. The highest BCUT2D eigenvalue weighted by Crippen LogP contribution is 2.35. The predicted molar refractivity (Wildman–Crippen MR) is 418 cm³/mol. The summed E-state index contributed by atoms with van der Waals surface area (Å²) in [6.07, 6.45) is 5.82. The highest BCUT2D eigenvalue weighted by atomic mass is 19.1. The van der Waals surface area contributed by atoms with E-state index in [9.17, 15) is 33.9 Å². The first-order valence-corrected chi connectivity index (χ1v) is 39.8. The number of nitrogens with one attached hydrogen (secondary N) is 5. The number of quaternary nitrogens is 1. The molecule has 2 saturated heterocycles. The second-order valence-corrected chi connectivity index (χ2v) is 32.4. The van der Waals surface area contributed by atoms with Gasteiger partial charge in [0.1, 0.15) is 53.9 Å². The predicted octanol–water partition coefficient (Wildman–Crippen LogP) is 6.98. The summed E-state index contributed by atoms with van der Waals surface area (Å²) >= 11 is 0. The van der Waals surface area contributed by atoms with Crippen LogP contribution in [0.2, 0.25) is 0 Å². The summed E-state index contributed by atoms with van der Waals surface area (Å²) < 4.78 is 30.2. The second kappa shape index (κ2) is 39.1. The van der Waals surface area contributed by atoms with Gasteiger partial charge in [-0.15, -0.1) is 0 Å². The molecule has 6 aliphatic heterocycles. The molecule has 26 heteroatoms. The summed E-state index contributed by atoms with van der Waals surface area (Å²) in [4.78, 5) is 184. The smallest absolute Gasteiger partial charge is 0.246 e. The van der Waals surface area contributed by atoms with Gasteiger partial charge in [0.15, 0.2) is 11.6 Å². The summed E-state index contributed by atoms with van der Waals surface area (Å²) in [5, 5.41) is 26.2. The number of allylic oxidation sites excluding steroid dienone is 2. The number of aryl methyl sites for hydroxylation is 1. The van der Waals surface area contributed by atoms with Crippen LogP contribution in [0.1, 0.15) is 163 Å². The van der Waals surface area contributed by atoms with E-state index < -0.39 is 126 Å². The van der Waals surface area contributed by atoms with Gasteiger partial charge in [0.05, 0.1) is 58.6 Å². The number of carbonyl (C=O) groups is 12. The molecule has 6 aliphatic rings. The number of carbonyl (C=O) groups excluding carboxylic acids is 12. The molecule has 5 aromatic rings. The third kappa shape index (κ3) is 23.0. The first-order chi connectivity index (χ1) is 53.5. The topological polar surface area (TPSA) is 318 Å². The van der Waals surface area contributed by atoms with E-state index in [0.29, 0.717) is 90.4 Å². The van der Waals surface area contributed by atoms with E-state index in [1.54, 1.807) is 72.6 Å². The molecule has 0 saturated carbocycles. The van der Waals surface area contributed by atoms with Gasteiger partial charge in [-0.2, -0.15) is 0 Å². The van der Waals surface area contributed by atoms with Gasteiger partial charge in [0.25, 0.3) is 0 Å². The average molecular weight is 1540 g/mol. The fraction of sp³-hybridized carbons (Fsp3) is 0.535. The largest absolute Gasteiger partial charge is 0.497 e. The zero-order chi connectivity index (χ0) is 80.4. The Labute approximate surface area is 655 Å². The summed E-state index contributed by atoms with van der Waals surface area (Å²) in [6, 6.07) is 17.9. The minimum atomic E-state index is -1.82. The molecule has 112 heavy (non-hydrogen) atoms. The minimum Gasteiger partial charge on any atom is -0.497 e. The number of aliphatic hydroxyl groups excluding tert-OH is 1. The van der Waals surface area contributed by atoms with Crippen LogP contribution >= 0.6 is 0 Å². The first-order valence-electron chi connectivity index (χ1n) is 39.8. The molecule has 25 nitrogen and oxygen atoms in total.